The van der Waals surface area contributed by atoms with E-state index in [4.69, 9.17) is 12.6 Å². The zero-order valence-electron chi connectivity index (χ0n) is 10.3. The van der Waals surface area contributed by atoms with Gasteiger partial charge in [0.05, 0.1) is 0 Å². The Balaban J connectivity index is 2.33. The van der Waals surface area contributed by atoms with Crippen LogP contribution < -0.4 is 0 Å². The highest BCUT2D eigenvalue weighted by molar-refractivity contribution is 7.81. The van der Waals surface area contributed by atoms with E-state index in [0.29, 0.717) is 5.92 Å². The molecule has 2 aromatic carbocycles. The molecule has 0 saturated heterocycles. The van der Waals surface area contributed by atoms with Gasteiger partial charge >= 0.3 is 0 Å². The van der Waals surface area contributed by atoms with Gasteiger partial charge in [-0.25, -0.2) is 0 Å². The van der Waals surface area contributed by atoms with Gasteiger partial charge in [-0.1, -0.05) is 67.6 Å². The molecule has 0 radical (unpaired) electrons. The zero-order chi connectivity index (χ0) is 12.3. The van der Waals surface area contributed by atoms with Gasteiger partial charge in [-0.15, -0.1) is 0 Å². The van der Waals surface area contributed by atoms with Gasteiger partial charge in [0.25, 0.3) is 0 Å². The van der Waals surface area contributed by atoms with Crippen LogP contribution in [0.4, 0.5) is 0 Å². The Morgan fingerprint density at radius 2 is 1.35 bits per heavy atom. The largest absolute Gasteiger partial charge is 0.167 e. The van der Waals surface area contributed by atoms with Crippen molar-refractivity contribution in [3.05, 3.63) is 71.8 Å². The quantitative estimate of drug-likeness (QED) is 0.745. The Morgan fingerprint density at radius 3 is 1.88 bits per heavy atom. The highest BCUT2D eigenvalue weighted by Gasteiger charge is 2.29. The summed E-state index contributed by atoms with van der Waals surface area (Å²) >= 11 is 4.88. The van der Waals surface area contributed by atoms with Gasteiger partial charge in [0.2, 0.25) is 0 Å². The highest BCUT2D eigenvalue weighted by Crippen LogP contribution is 2.41. The molecule has 0 aliphatic heterocycles. The summed E-state index contributed by atoms with van der Waals surface area (Å²) in [5.41, 5.74) is 2.59. The maximum Gasteiger partial charge on any atom is 0.0415 e. The van der Waals surface area contributed by atoms with Crippen LogP contribution in [0.25, 0.3) is 0 Å². The fraction of sp³-hybridized carbons (Fsp3) is 0.250. The number of rotatable bonds is 3. The van der Waals surface area contributed by atoms with Crippen molar-refractivity contribution in [1.82, 2.24) is 0 Å². The minimum atomic E-state index is -0.150. The van der Waals surface area contributed by atoms with Crippen molar-refractivity contribution in [2.75, 3.05) is 0 Å². The third-order valence-corrected chi connectivity index (χ3v) is 4.15. The van der Waals surface area contributed by atoms with Crippen molar-refractivity contribution < 1.29 is 0 Å². The summed E-state index contributed by atoms with van der Waals surface area (Å²) in [4.78, 5) is 0. The summed E-state index contributed by atoms with van der Waals surface area (Å²) in [6.07, 6.45) is 0. The third kappa shape index (κ3) is 2.55. The van der Waals surface area contributed by atoms with Gasteiger partial charge in [-0.2, -0.15) is 12.6 Å². The first-order chi connectivity index (χ1) is 8.12. The van der Waals surface area contributed by atoms with E-state index in [1.54, 1.807) is 0 Å². The molecule has 0 bridgehead atoms. The fourth-order valence-corrected chi connectivity index (χ4v) is 2.39. The molecular formula is C16H18S. The molecule has 2 aromatic rings. The maximum absolute atomic E-state index is 4.88. The van der Waals surface area contributed by atoms with E-state index in [9.17, 15) is 0 Å². The van der Waals surface area contributed by atoms with E-state index in [-0.39, 0.29) is 4.75 Å². The van der Waals surface area contributed by atoms with E-state index in [1.807, 2.05) is 6.07 Å². The molecule has 0 N–H and O–H groups in total. The average Bonchev–Trinajstić information content (AvgIpc) is 2.40. The van der Waals surface area contributed by atoms with Crippen molar-refractivity contribution in [1.29, 1.82) is 0 Å². The molecule has 0 amide bonds. The summed E-state index contributed by atoms with van der Waals surface area (Å²) in [5.74, 6) is 0.370. The lowest BCUT2D eigenvalue weighted by atomic mass is 9.83. The molecule has 17 heavy (non-hydrogen) atoms. The highest BCUT2D eigenvalue weighted by atomic mass is 32.1. The van der Waals surface area contributed by atoms with Gasteiger partial charge in [0, 0.05) is 4.75 Å². The van der Waals surface area contributed by atoms with Gasteiger partial charge in [-0.3, -0.25) is 0 Å². The smallest absolute Gasteiger partial charge is 0.0415 e. The standard InChI is InChI=1S/C16H18S/c1-13(14-9-5-3-6-10-14)16(2,17)15-11-7-4-8-12-15/h3-13,17H,1-2H3/t13-,16-/m1/s1. The van der Waals surface area contributed by atoms with Crippen LogP contribution in [0.15, 0.2) is 60.7 Å². The molecule has 0 fully saturated rings. The van der Waals surface area contributed by atoms with Crippen LogP contribution in [0, 0.1) is 0 Å². The first-order valence-electron chi connectivity index (χ1n) is 5.95. The van der Waals surface area contributed by atoms with E-state index < -0.39 is 0 Å². The number of hydrogen-bond donors (Lipinski definition) is 1. The van der Waals surface area contributed by atoms with Crippen molar-refractivity contribution in [2.24, 2.45) is 0 Å². The van der Waals surface area contributed by atoms with Gasteiger partial charge in [0.15, 0.2) is 0 Å². The summed E-state index contributed by atoms with van der Waals surface area (Å²) in [7, 11) is 0. The van der Waals surface area contributed by atoms with Crippen LogP contribution >= 0.6 is 12.6 Å². The van der Waals surface area contributed by atoms with Crippen LogP contribution in [0.1, 0.15) is 30.9 Å². The Bertz CT molecular complexity index is 459. The van der Waals surface area contributed by atoms with Crippen molar-refractivity contribution in [2.45, 2.75) is 24.5 Å². The van der Waals surface area contributed by atoms with E-state index in [1.165, 1.54) is 11.1 Å². The molecule has 0 aromatic heterocycles. The second-order valence-corrected chi connectivity index (χ2v) is 5.57. The van der Waals surface area contributed by atoms with E-state index in [2.05, 4.69) is 68.4 Å². The normalized spacial score (nSPS) is 16.2. The van der Waals surface area contributed by atoms with Crippen LogP contribution in [0.2, 0.25) is 0 Å². The molecule has 0 heterocycles. The van der Waals surface area contributed by atoms with E-state index >= 15 is 0 Å². The zero-order valence-corrected chi connectivity index (χ0v) is 11.2. The third-order valence-electron chi connectivity index (χ3n) is 3.50. The van der Waals surface area contributed by atoms with Crippen LogP contribution in [-0.2, 0) is 4.75 Å². The van der Waals surface area contributed by atoms with Crippen LogP contribution in [0.3, 0.4) is 0 Å². The molecule has 0 nitrogen and oxygen atoms in total. The van der Waals surface area contributed by atoms with Crippen LogP contribution in [0.5, 0.6) is 0 Å². The van der Waals surface area contributed by atoms with Crippen molar-refractivity contribution >= 4 is 12.6 Å². The lowest BCUT2D eigenvalue weighted by Crippen LogP contribution is -2.22. The molecule has 0 spiro atoms. The molecule has 2 rings (SSSR count). The monoisotopic (exact) mass is 242 g/mol. The Hall–Kier alpha value is -1.21. The predicted molar refractivity (Wildman–Crippen MR) is 77.6 cm³/mol. The summed E-state index contributed by atoms with van der Waals surface area (Å²) in [6.45, 7) is 4.42. The second-order valence-electron chi connectivity index (χ2n) is 4.65. The van der Waals surface area contributed by atoms with Gasteiger partial charge in [0.1, 0.15) is 0 Å². The molecule has 0 unspecified atom stereocenters. The van der Waals surface area contributed by atoms with Gasteiger partial charge in [-0.05, 0) is 24.0 Å². The minimum absolute atomic E-state index is 0.150. The van der Waals surface area contributed by atoms with Crippen molar-refractivity contribution in [3.63, 3.8) is 0 Å². The molecule has 0 saturated carbocycles. The Morgan fingerprint density at radius 1 is 0.882 bits per heavy atom. The first kappa shape index (κ1) is 12.3. The van der Waals surface area contributed by atoms with Crippen molar-refractivity contribution in [3.8, 4) is 0 Å². The van der Waals surface area contributed by atoms with Crippen LogP contribution in [-0.4, -0.2) is 0 Å². The average molecular weight is 242 g/mol. The fourth-order valence-electron chi connectivity index (χ4n) is 2.09. The molecule has 0 aliphatic carbocycles. The lowest BCUT2D eigenvalue weighted by molar-refractivity contribution is 0.572. The topological polar surface area (TPSA) is 0 Å². The number of thiol groups is 1. The Kier molecular flexibility index (Phi) is 3.58. The minimum Gasteiger partial charge on any atom is -0.167 e. The summed E-state index contributed by atoms with van der Waals surface area (Å²) in [6, 6.07) is 21.0. The first-order valence-corrected chi connectivity index (χ1v) is 6.40. The number of benzene rings is 2. The summed E-state index contributed by atoms with van der Waals surface area (Å²) in [5, 5.41) is 0. The molecular weight excluding hydrogens is 224 g/mol. The number of hydrogen-bond acceptors (Lipinski definition) is 1. The molecule has 0 aliphatic rings. The predicted octanol–water partition coefficient (Wildman–Crippen LogP) is 4.64. The Labute approximate surface area is 109 Å². The van der Waals surface area contributed by atoms with E-state index in [0.717, 1.165) is 0 Å². The maximum atomic E-state index is 4.88. The second kappa shape index (κ2) is 4.97. The lowest BCUT2D eigenvalue weighted by Gasteiger charge is -2.31. The van der Waals surface area contributed by atoms with Gasteiger partial charge < -0.3 is 0 Å². The SMILES string of the molecule is C[C@H](c1ccccc1)[C@@](C)(S)c1ccccc1. The molecule has 1 heteroatoms. The summed E-state index contributed by atoms with van der Waals surface area (Å²) < 4.78 is -0.150. The molecule has 88 valence electrons. The molecule has 2 atom stereocenters.